The van der Waals surface area contributed by atoms with Crippen LogP contribution < -0.4 is 10.6 Å². The van der Waals surface area contributed by atoms with E-state index in [2.05, 4.69) is 24.5 Å². The molecule has 2 N–H and O–H groups in total. The van der Waals surface area contributed by atoms with Crippen molar-refractivity contribution >= 4 is 11.9 Å². The van der Waals surface area contributed by atoms with Crippen LogP contribution in [0, 0.1) is 11.8 Å². The SMILES string of the molecule is CCC[C@@H](CCC(C)C)C(=O)NC(=O)N1CCC(NCc2cccc(C(F)(F)F)c2)CC1. The van der Waals surface area contributed by atoms with Gasteiger partial charge in [-0.25, -0.2) is 4.79 Å². The van der Waals surface area contributed by atoms with Crippen molar-refractivity contribution < 1.29 is 22.8 Å². The number of carbonyl (C=O) groups excluding carboxylic acids is 2. The Balaban J connectivity index is 1.78. The highest BCUT2D eigenvalue weighted by Crippen LogP contribution is 2.29. The maximum atomic E-state index is 12.9. The molecule has 32 heavy (non-hydrogen) atoms. The number of hydrogen-bond donors (Lipinski definition) is 2. The number of piperidine rings is 1. The molecule has 0 bridgehead atoms. The lowest BCUT2D eigenvalue weighted by Gasteiger charge is -2.32. The van der Waals surface area contributed by atoms with Gasteiger partial charge in [0.15, 0.2) is 0 Å². The van der Waals surface area contributed by atoms with Crippen LogP contribution in [-0.2, 0) is 17.5 Å². The largest absolute Gasteiger partial charge is 0.416 e. The van der Waals surface area contributed by atoms with Crippen molar-refractivity contribution in [2.24, 2.45) is 11.8 Å². The molecule has 0 spiro atoms. The number of alkyl halides is 3. The van der Waals surface area contributed by atoms with Crippen molar-refractivity contribution in [3.8, 4) is 0 Å². The maximum absolute atomic E-state index is 12.9. The summed E-state index contributed by atoms with van der Waals surface area (Å²) in [7, 11) is 0. The molecule has 1 aromatic carbocycles. The lowest BCUT2D eigenvalue weighted by Crippen LogP contribution is -2.50. The Bertz CT molecular complexity index is 744. The van der Waals surface area contributed by atoms with Crippen LogP contribution in [0.3, 0.4) is 0 Å². The molecule has 1 saturated heterocycles. The second kappa shape index (κ2) is 12.2. The third kappa shape index (κ3) is 8.45. The predicted molar refractivity (Wildman–Crippen MR) is 119 cm³/mol. The molecule has 1 fully saturated rings. The molecular formula is C24H36F3N3O2. The van der Waals surface area contributed by atoms with Gasteiger partial charge >= 0.3 is 12.2 Å². The first-order valence-corrected chi connectivity index (χ1v) is 11.6. The molecule has 1 heterocycles. The van der Waals surface area contributed by atoms with Crippen LogP contribution in [-0.4, -0.2) is 36.0 Å². The number of imide groups is 1. The van der Waals surface area contributed by atoms with Crippen LogP contribution in [0.25, 0.3) is 0 Å². The summed E-state index contributed by atoms with van der Waals surface area (Å²) in [5, 5.41) is 5.86. The summed E-state index contributed by atoms with van der Waals surface area (Å²) in [5.41, 5.74) is -0.0725. The van der Waals surface area contributed by atoms with E-state index < -0.39 is 11.7 Å². The first-order valence-electron chi connectivity index (χ1n) is 11.6. The Labute approximate surface area is 189 Å². The highest BCUT2D eigenvalue weighted by Gasteiger charge is 2.30. The van der Waals surface area contributed by atoms with E-state index >= 15 is 0 Å². The van der Waals surface area contributed by atoms with Gasteiger partial charge in [-0.3, -0.25) is 10.1 Å². The van der Waals surface area contributed by atoms with Crippen molar-refractivity contribution in [3.63, 3.8) is 0 Å². The molecule has 2 rings (SSSR count). The minimum Gasteiger partial charge on any atom is -0.324 e. The van der Waals surface area contributed by atoms with E-state index in [1.807, 2.05) is 6.92 Å². The Kier molecular flexibility index (Phi) is 10.0. The zero-order chi connectivity index (χ0) is 23.7. The average molecular weight is 456 g/mol. The topological polar surface area (TPSA) is 61.4 Å². The highest BCUT2D eigenvalue weighted by atomic mass is 19.4. The Morgan fingerprint density at radius 1 is 1.12 bits per heavy atom. The fraction of sp³-hybridized carbons (Fsp3) is 0.667. The van der Waals surface area contributed by atoms with Crippen LogP contribution in [0.15, 0.2) is 24.3 Å². The summed E-state index contributed by atoms with van der Waals surface area (Å²) in [6, 6.07) is 5.07. The van der Waals surface area contributed by atoms with E-state index in [1.165, 1.54) is 6.07 Å². The lowest BCUT2D eigenvalue weighted by molar-refractivity contribution is -0.137. The van der Waals surface area contributed by atoms with E-state index in [0.29, 0.717) is 44.0 Å². The highest BCUT2D eigenvalue weighted by molar-refractivity contribution is 5.95. The Hall–Kier alpha value is -2.09. The second-order valence-corrected chi connectivity index (χ2v) is 9.09. The quantitative estimate of drug-likeness (QED) is 0.528. The molecule has 1 aromatic rings. The molecule has 1 atom stereocenters. The number of nitrogens with one attached hydrogen (secondary N) is 2. The van der Waals surface area contributed by atoms with Gasteiger partial charge in [-0.1, -0.05) is 51.8 Å². The van der Waals surface area contributed by atoms with Crippen LogP contribution in [0.2, 0.25) is 0 Å². The zero-order valence-corrected chi connectivity index (χ0v) is 19.3. The normalized spacial score (nSPS) is 16.3. The fourth-order valence-electron chi connectivity index (χ4n) is 3.98. The van der Waals surface area contributed by atoms with Crippen LogP contribution in [0.1, 0.15) is 70.4 Å². The number of amides is 3. The summed E-state index contributed by atoms with van der Waals surface area (Å²) in [4.78, 5) is 26.8. The molecule has 3 amide bonds. The lowest BCUT2D eigenvalue weighted by atomic mass is 9.93. The van der Waals surface area contributed by atoms with Crippen LogP contribution >= 0.6 is 0 Å². The summed E-state index contributed by atoms with van der Waals surface area (Å²) in [5.74, 6) is 0.181. The summed E-state index contributed by atoms with van der Waals surface area (Å²) in [6.07, 6.45) is 0.428. The Morgan fingerprint density at radius 2 is 1.81 bits per heavy atom. The second-order valence-electron chi connectivity index (χ2n) is 9.09. The molecule has 0 saturated carbocycles. The standard InChI is InChI=1S/C24H36F3N3O2/c1-4-6-19(10-9-17(2)3)22(31)29-23(32)30-13-11-21(12-14-30)28-16-18-7-5-8-20(15-18)24(25,26)27/h5,7-8,15,17,19,21,28H,4,6,9-14,16H2,1-3H3,(H,29,31,32)/t19-/m0/s1. The van der Waals surface area contributed by atoms with Gasteiger partial charge in [0, 0.05) is 31.6 Å². The minimum atomic E-state index is -4.35. The molecular weight excluding hydrogens is 419 g/mol. The number of benzene rings is 1. The van der Waals surface area contributed by atoms with Crippen molar-refractivity contribution in [1.82, 2.24) is 15.5 Å². The first-order chi connectivity index (χ1) is 15.1. The van der Waals surface area contributed by atoms with Crippen molar-refractivity contribution in [1.29, 1.82) is 0 Å². The van der Waals surface area contributed by atoms with Gasteiger partial charge in [0.2, 0.25) is 5.91 Å². The molecule has 5 nitrogen and oxygen atoms in total. The maximum Gasteiger partial charge on any atom is 0.416 e. The smallest absolute Gasteiger partial charge is 0.324 e. The number of nitrogens with zero attached hydrogens (tertiary/aromatic N) is 1. The van der Waals surface area contributed by atoms with Gasteiger partial charge < -0.3 is 10.2 Å². The third-order valence-electron chi connectivity index (χ3n) is 5.96. The molecule has 8 heteroatoms. The van der Waals surface area contributed by atoms with Crippen molar-refractivity contribution in [2.75, 3.05) is 13.1 Å². The monoisotopic (exact) mass is 455 g/mol. The molecule has 0 unspecified atom stereocenters. The predicted octanol–water partition coefficient (Wildman–Crippen LogP) is 5.35. The number of rotatable bonds is 9. The minimum absolute atomic E-state index is 0.114. The van der Waals surface area contributed by atoms with Gasteiger partial charge in [0.25, 0.3) is 0 Å². The Morgan fingerprint density at radius 3 is 2.41 bits per heavy atom. The number of urea groups is 1. The number of likely N-dealkylation sites (tertiary alicyclic amines) is 1. The number of halogens is 3. The third-order valence-corrected chi connectivity index (χ3v) is 5.96. The summed E-state index contributed by atoms with van der Waals surface area (Å²) >= 11 is 0. The molecule has 180 valence electrons. The van der Waals surface area contributed by atoms with Crippen LogP contribution in [0.5, 0.6) is 0 Å². The summed E-state index contributed by atoms with van der Waals surface area (Å²) < 4.78 is 38.6. The average Bonchev–Trinajstić information content (AvgIpc) is 2.75. The van der Waals surface area contributed by atoms with E-state index in [4.69, 9.17) is 0 Å². The van der Waals surface area contributed by atoms with Crippen molar-refractivity contribution in [3.05, 3.63) is 35.4 Å². The number of carbonyl (C=O) groups is 2. The van der Waals surface area contributed by atoms with Gasteiger partial charge in [0.05, 0.1) is 5.56 Å². The van der Waals surface area contributed by atoms with E-state index in [1.54, 1.807) is 11.0 Å². The number of hydrogen-bond acceptors (Lipinski definition) is 3. The molecule has 1 aliphatic heterocycles. The molecule has 1 aliphatic rings. The van der Waals surface area contributed by atoms with E-state index in [9.17, 15) is 22.8 Å². The molecule has 0 aromatic heterocycles. The summed E-state index contributed by atoms with van der Waals surface area (Å²) in [6.45, 7) is 7.63. The van der Waals surface area contributed by atoms with E-state index in [-0.39, 0.29) is 23.9 Å². The van der Waals surface area contributed by atoms with Gasteiger partial charge in [-0.05, 0) is 43.2 Å². The molecule has 0 radical (unpaired) electrons. The van der Waals surface area contributed by atoms with Crippen molar-refractivity contribution in [2.45, 2.75) is 78.1 Å². The van der Waals surface area contributed by atoms with Crippen LogP contribution in [0.4, 0.5) is 18.0 Å². The fourth-order valence-corrected chi connectivity index (χ4v) is 3.98. The van der Waals surface area contributed by atoms with Gasteiger partial charge in [0.1, 0.15) is 0 Å². The van der Waals surface area contributed by atoms with Gasteiger partial charge in [-0.2, -0.15) is 13.2 Å². The first kappa shape index (κ1) is 26.2. The zero-order valence-electron chi connectivity index (χ0n) is 19.3. The van der Waals surface area contributed by atoms with E-state index in [0.717, 1.165) is 37.8 Å². The molecule has 0 aliphatic carbocycles. The van der Waals surface area contributed by atoms with Gasteiger partial charge in [-0.15, -0.1) is 0 Å².